The standard InChI is InChI=1S/C55H68O8/c1-31(58)33-22-34-25-38-32(24-37(34)35(23-33)28-56)9-17-50-18-11-42-48(3,45(61)29-57)44(60)13-20-53(38,42)46(50)41(59)26-39-40-27-47(2)14-5-6-16-52(62)19-12-43(49(39,50)4)54(63)21-10-36-8-7-15-51(36,30-47)55(40,52)54/h10,21-26,28,31-32,36,38,40,42-46,57-58,60-63H,5,7-9,11-15,17-20,27,29-30H2,1-4H3. The second-order valence-electron chi connectivity index (χ2n) is 24.2. The second kappa shape index (κ2) is 12.7. The number of carbonyl (C=O) groups excluding carboxylic acids is 2. The van der Waals surface area contributed by atoms with E-state index in [2.05, 4.69) is 56.1 Å². The number of allylic oxidation sites excluding steroid dienone is 3. The van der Waals surface area contributed by atoms with Gasteiger partial charge in [-0.05, 0) is 176 Å². The minimum Gasteiger partial charge on any atom is -0.394 e. The van der Waals surface area contributed by atoms with Crippen molar-refractivity contribution in [3.05, 3.63) is 57.5 Å². The Labute approximate surface area is 372 Å². The van der Waals surface area contributed by atoms with E-state index in [4.69, 9.17) is 0 Å². The molecule has 336 valence electrons. The fraction of sp³-hybridized carbons (Fsp3) is 0.709. The van der Waals surface area contributed by atoms with Crippen molar-refractivity contribution in [3.63, 3.8) is 0 Å². The number of aliphatic hydroxyl groups excluding tert-OH is 4. The summed E-state index contributed by atoms with van der Waals surface area (Å²) in [6.07, 6.45) is 20.3. The van der Waals surface area contributed by atoms with Gasteiger partial charge in [0.25, 0.3) is 0 Å². The lowest BCUT2D eigenvalue weighted by Crippen LogP contribution is -2.85. The van der Waals surface area contributed by atoms with E-state index in [0.717, 1.165) is 73.7 Å². The van der Waals surface area contributed by atoms with Gasteiger partial charge in [0, 0.05) is 34.7 Å². The average Bonchev–Trinajstić information content (AvgIpc) is 3.66. The van der Waals surface area contributed by atoms with Crippen LogP contribution in [0, 0.1) is 91.2 Å². The summed E-state index contributed by atoms with van der Waals surface area (Å²) >= 11 is 0. The third-order valence-corrected chi connectivity index (χ3v) is 22.7. The summed E-state index contributed by atoms with van der Waals surface area (Å²) < 4.78 is 0. The van der Waals surface area contributed by atoms with Gasteiger partial charge in [0.05, 0.1) is 35.9 Å². The van der Waals surface area contributed by atoms with Crippen molar-refractivity contribution in [2.45, 2.75) is 154 Å². The summed E-state index contributed by atoms with van der Waals surface area (Å²) in [5, 5.41) is 75.6. The zero-order valence-corrected chi connectivity index (χ0v) is 37.7. The number of fused-ring (bicyclic) bond motifs is 6. The molecule has 12 aliphatic rings. The molecule has 1 aromatic rings. The molecule has 19 atom stereocenters. The quantitative estimate of drug-likeness (QED) is 0.130. The Bertz CT molecular complexity index is 2490. The molecule has 8 heteroatoms. The van der Waals surface area contributed by atoms with Gasteiger partial charge in [0.15, 0.2) is 12.1 Å². The molecule has 12 aliphatic carbocycles. The number of ketones is 1. The first-order valence-corrected chi connectivity index (χ1v) is 24.8. The first-order valence-electron chi connectivity index (χ1n) is 24.8. The largest absolute Gasteiger partial charge is 0.394 e. The van der Waals surface area contributed by atoms with E-state index < -0.39 is 69.1 Å². The molecule has 6 N–H and O–H groups in total. The number of aliphatic hydroxyl groups is 6. The topological polar surface area (TPSA) is 156 Å². The minimum absolute atomic E-state index is 0.0658. The lowest BCUT2D eigenvalue weighted by Gasteiger charge is -2.82. The highest BCUT2D eigenvalue weighted by Gasteiger charge is 2.89. The maximum atomic E-state index is 16.4. The van der Waals surface area contributed by atoms with Crippen molar-refractivity contribution >= 4 is 24.2 Å². The van der Waals surface area contributed by atoms with Crippen LogP contribution in [0.15, 0.2) is 35.9 Å². The van der Waals surface area contributed by atoms with Crippen LogP contribution >= 0.6 is 0 Å². The van der Waals surface area contributed by atoms with E-state index in [1.165, 1.54) is 0 Å². The summed E-state index contributed by atoms with van der Waals surface area (Å²) in [7, 11) is 0. The molecule has 1 aromatic carbocycles. The molecule has 5 bridgehead atoms. The lowest BCUT2D eigenvalue weighted by molar-refractivity contribution is -0.355. The summed E-state index contributed by atoms with van der Waals surface area (Å²) in [5.74, 6) is 5.73. The van der Waals surface area contributed by atoms with Gasteiger partial charge in [-0.25, -0.2) is 0 Å². The first-order chi connectivity index (χ1) is 29.9. The summed E-state index contributed by atoms with van der Waals surface area (Å²) in [6, 6.07) is 3.78. The molecular formula is C55H68O8. The highest BCUT2D eigenvalue weighted by molar-refractivity contribution is 5.96. The molecule has 0 amide bonds. The molecule has 0 aromatic heterocycles. The van der Waals surface area contributed by atoms with Gasteiger partial charge in [-0.15, -0.1) is 5.92 Å². The Hall–Kier alpha value is -2.90. The monoisotopic (exact) mass is 856 g/mol. The van der Waals surface area contributed by atoms with Crippen LogP contribution in [-0.2, 0) is 4.79 Å². The van der Waals surface area contributed by atoms with Crippen LogP contribution < -0.4 is 10.4 Å². The maximum absolute atomic E-state index is 16.4. The Morgan fingerprint density at radius 2 is 1.70 bits per heavy atom. The van der Waals surface area contributed by atoms with Crippen LogP contribution in [-0.4, -0.2) is 72.7 Å². The second-order valence-corrected chi connectivity index (χ2v) is 24.2. The van der Waals surface area contributed by atoms with E-state index in [9.17, 15) is 35.4 Å². The molecule has 0 saturated heterocycles. The predicted octanol–water partition coefficient (Wildman–Crippen LogP) is 5.62. The highest BCUT2D eigenvalue weighted by atomic mass is 16.3. The van der Waals surface area contributed by atoms with Gasteiger partial charge in [-0.2, -0.15) is 0 Å². The maximum Gasteiger partial charge on any atom is 0.159 e. The van der Waals surface area contributed by atoms with Crippen molar-refractivity contribution in [2.75, 3.05) is 6.61 Å². The first kappa shape index (κ1) is 41.5. The molecule has 7 saturated carbocycles. The molecule has 3 spiro atoms. The normalized spacial score (nSPS) is 53.5. The zero-order valence-electron chi connectivity index (χ0n) is 37.7. The third-order valence-electron chi connectivity index (χ3n) is 22.7. The molecule has 63 heavy (non-hydrogen) atoms. The average molecular weight is 857 g/mol. The van der Waals surface area contributed by atoms with E-state index in [1.54, 1.807) is 13.0 Å². The smallest absolute Gasteiger partial charge is 0.159 e. The number of hydrogen-bond donors (Lipinski definition) is 6. The Kier molecular flexibility index (Phi) is 8.40. The Morgan fingerprint density at radius 1 is 0.921 bits per heavy atom. The van der Waals surface area contributed by atoms with Crippen LogP contribution in [0.1, 0.15) is 146 Å². The number of aldehydes is 1. The summed E-state index contributed by atoms with van der Waals surface area (Å²) in [4.78, 5) is 29.2. The van der Waals surface area contributed by atoms with Crippen LogP contribution in [0.3, 0.4) is 0 Å². The zero-order chi connectivity index (χ0) is 44.1. The van der Waals surface area contributed by atoms with Crippen LogP contribution in [0.2, 0.25) is 0 Å². The van der Waals surface area contributed by atoms with E-state index in [0.29, 0.717) is 56.1 Å². The molecule has 8 nitrogen and oxygen atoms in total. The molecule has 13 rings (SSSR count). The molecule has 0 heterocycles. The summed E-state index contributed by atoms with van der Waals surface area (Å²) in [5.41, 5.74) is -5.03. The highest BCUT2D eigenvalue weighted by Crippen LogP contribution is 2.88. The molecule has 19 unspecified atom stereocenters. The molecular weight excluding hydrogens is 789 g/mol. The molecule has 0 radical (unpaired) electrons. The molecule has 7 fully saturated rings. The fourth-order valence-corrected chi connectivity index (χ4v) is 20.8. The van der Waals surface area contributed by atoms with Gasteiger partial charge >= 0.3 is 0 Å². The van der Waals surface area contributed by atoms with Crippen molar-refractivity contribution in [1.29, 1.82) is 0 Å². The number of rotatable bonds is 4. The Morgan fingerprint density at radius 3 is 2.46 bits per heavy atom. The van der Waals surface area contributed by atoms with Gasteiger partial charge in [-0.1, -0.05) is 63.0 Å². The number of hydrogen-bond acceptors (Lipinski definition) is 8. The van der Waals surface area contributed by atoms with E-state index in [1.807, 2.05) is 13.0 Å². The number of carbonyl (C=O) groups is 2. The van der Waals surface area contributed by atoms with Crippen molar-refractivity contribution in [2.24, 2.45) is 79.3 Å². The third kappa shape index (κ3) is 4.37. The SMILES string of the molecule is CC(O)c1cc(C=O)c2c(c1)=CC1C(C=2)CCC23CCC4C(C)(C(O)CO)C(O)CCC14C2C(=O)C=C1C2CC4(C)CCC#CC5(O)CCC(C6(O)C=CC7CCCC7(C4)C256)C13C. The van der Waals surface area contributed by atoms with E-state index >= 15 is 4.79 Å². The van der Waals surface area contributed by atoms with Gasteiger partial charge in [-0.3, -0.25) is 9.59 Å². The lowest BCUT2D eigenvalue weighted by atomic mass is 9.21. The fourth-order valence-electron chi connectivity index (χ4n) is 20.8. The van der Waals surface area contributed by atoms with Crippen molar-refractivity contribution in [1.82, 2.24) is 0 Å². The van der Waals surface area contributed by atoms with E-state index in [-0.39, 0.29) is 52.1 Å². The van der Waals surface area contributed by atoms with Crippen LogP contribution in [0.4, 0.5) is 0 Å². The van der Waals surface area contributed by atoms with Gasteiger partial charge < -0.3 is 30.6 Å². The minimum atomic E-state index is -1.42. The van der Waals surface area contributed by atoms with Crippen molar-refractivity contribution in [3.8, 4) is 11.8 Å². The van der Waals surface area contributed by atoms with Crippen LogP contribution in [0.5, 0.6) is 0 Å². The van der Waals surface area contributed by atoms with Gasteiger partial charge in [0.1, 0.15) is 5.60 Å². The summed E-state index contributed by atoms with van der Waals surface area (Å²) in [6.45, 7) is 8.01. The van der Waals surface area contributed by atoms with Crippen molar-refractivity contribution < 1.29 is 40.2 Å². The Balaban J connectivity index is 1.16. The predicted molar refractivity (Wildman–Crippen MR) is 237 cm³/mol. The van der Waals surface area contributed by atoms with Crippen LogP contribution in [0.25, 0.3) is 12.2 Å². The molecule has 0 aliphatic heterocycles. The van der Waals surface area contributed by atoms with Gasteiger partial charge in [0.2, 0.25) is 0 Å². The number of benzene rings is 1.